The van der Waals surface area contributed by atoms with Crippen LogP contribution in [0.2, 0.25) is 0 Å². The predicted octanol–water partition coefficient (Wildman–Crippen LogP) is 1.21. The van der Waals surface area contributed by atoms with Gasteiger partial charge >= 0.3 is 0 Å². The number of imidazole rings is 1. The van der Waals surface area contributed by atoms with E-state index in [0.717, 1.165) is 0 Å². The first-order valence-corrected chi connectivity index (χ1v) is 6.80. The molecule has 0 aliphatic carbocycles. The van der Waals surface area contributed by atoms with Crippen LogP contribution >= 0.6 is 11.6 Å². The van der Waals surface area contributed by atoms with Crippen LogP contribution in [0, 0.1) is 0 Å². The molecule has 8 heteroatoms. The summed E-state index contributed by atoms with van der Waals surface area (Å²) in [4.78, 5) is 7.98. The first kappa shape index (κ1) is 11.9. The standard InChI is InChI=1S/C9H9ClN4O2S/c10-6-17(15,16)13-8-1-2-9(12-5-8)14-4-3-11-7-14/h1-5,7,13H,6H2. The van der Waals surface area contributed by atoms with Crippen LogP contribution in [0.15, 0.2) is 37.1 Å². The third kappa shape index (κ3) is 2.95. The van der Waals surface area contributed by atoms with Crippen molar-refractivity contribution in [2.75, 3.05) is 9.93 Å². The van der Waals surface area contributed by atoms with Crippen molar-refractivity contribution in [2.24, 2.45) is 0 Å². The smallest absolute Gasteiger partial charge is 0.246 e. The molecule has 0 unspecified atom stereocenters. The molecule has 2 rings (SSSR count). The van der Waals surface area contributed by atoms with Crippen LogP contribution in [0.4, 0.5) is 5.69 Å². The molecular formula is C9H9ClN4O2S. The van der Waals surface area contributed by atoms with Crippen molar-refractivity contribution in [3.05, 3.63) is 37.1 Å². The van der Waals surface area contributed by atoms with Gasteiger partial charge in [-0.05, 0) is 12.1 Å². The zero-order valence-corrected chi connectivity index (χ0v) is 10.2. The van der Waals surface area contributed by atoms with Crippen molar-refractivity contribution in [2.45, 2.75) is 0 Å². The maximum absolute atomic E-state index is 11.2. The Hall–Kier alpha value is -1.60. The number of aromatic nitrogens is 3. The lowest BCUT2D eigenvalue weighted by molar-refractivity contribution is 0.605. The lowest BCUT2D eigenvalue weighted by atomic mass is 10.4. The molecule has 0 spiro atoms. The van der Waals surface area contributed by atoms with Gasteiger partial charge in [-0.2, -0.15) is 0 Å². The van der Waals surface area contributed by atoms with Crippen molar-refractivity contribution in [1.82, 2.24) is 14.5 Å². The first-order chi connectivity index (χ1) is 8.11. The fourth-order valence-electron chi connectivity index (χ4n) is 1.20. The van der Waals surface area contributed by atoms with Crippen LogP contribution in [0.3, 0.4) is 0 Å². The summed E-state index contributed by atoms with van der Waals surface area (Å²) < 4.78 is 26.4. The molecule has 0 aliphatic rings. The number of anilines is 1. The van der Waals surface area contributed by atoms with Crippen LogP contribution in [0.1, 0.15) is 0 Å². The number of rotatable bonds is 4. The van der Waals surface area contributed by atoms with Gasteiger partial charge in [0, 0.05) is 12.4 Å². The van der Waals surface area contributed by atoms with Crippen molar-refractivity contribution in [1.29, 1.82) is 0 Å². The summed E-state index contributed by atoms with van der Waals surface area (Å²) in [6, 6.07) is 3.28. The van der Waals surface area contributed by atoms with Crippen LogP contribution < -0.4 is 4.72 Å². The predicted molar refractivity (Wildman–Crippen MR) is 64.6 cm³/mol. The minimum Gasteiger partial charge on any atom is -0.291 e. The summed E-state index contributed by atoms with van der Waals surface area (Å²) in [7, 11) is -3.48. The van der Waals surface area contributed by atoms with E-state index in [1.807, 2.05) is 0 Å². The molecule has 0 bridgehead atoms. The Bertz CT molecular complexity index is 580. The van der Waals surface area contributed by atoms with Gasteiger partial charge in [0.05, 0.1) is 11.9 Å². The molecule has 6 nitrogen and oxygen atoms in total. The third-order valence-electron chi connectivity index (χ3n) is 1.93. The van der Waals surface area contributed by atoms with Gasteiger partial charge in [0.15, 0.2) is 0 Å². The fraction of sp³-hybridized carbons (Fsp3) is 0.111. The molecule has 2 aromatic heterocycles. The van der Waals surface area contributed by atoms with Crippen molar-refractivity contribution in [3.8, 4) is 5.82 Å². The molecule has 0 saturated carbocycles. The Balaban J connectivity index is 2.19. The van der Waals surface area contributed by atoms with Gasteiger partial charge in [-0.25, -0.2) is 18.4 Å². The average molecular weight is 273 g/mol. The number of sulfonamides is 1. The second kappa shape index (κ2) is 4.72. The molecule has 0 saturated heterocycles. The molecule has 0 amide bonds. The second-order valence-corrected chi connectivity index (χ2v) is 5.51. The Morgan fingerprint density at radius 1 is 1.41 bits per heavy atom. The normalized spacial score (nSPS) is 11.4. The second-order valence-electron chi connectivity index (χ2n) is 3.20. The minimum atomic E-state index is -3.48. The summed E-state index contributed by atoms with van der Waals surface area (Å²) in [5.74, 6) is 0.649. The van der Waals surface area contributed by atoms with E-state index in [0.29, 0.717) is 11.5 Å². The van der Waals surface area contributed by atoms with Crippen molar-refractivity contribution < 1.29 is 8.42 Å². The molecule has 0 radical (unpaired) electrons. The summed E-state index contributed by atoms with van der Waals surface area (Å²) in [6.07, 6.45) is 6.39. The van der Waals surface area contributed by atoms with E-state index in [4.69, 9.17) is 11.6 Å². The number of alkyl halides is 1. The van der Waals surface area contributed by atoms with E-state index < -0.39 is 15.2 Å². The maximum Gasteiger partial charge on any atom is 0.246 e. The van der Waals surface area contributed by atoms with Gasteiger partial charge in [0.1, 0.15) is 17.4 Å². The molecule has 0 fully saturated rings. The van der Waals surface area contributed by atoms with Gasteiger partial charge in [0.25, 0.3) is 0 Å². The Morgan fingerprint density at radius 2 is 2.24 bits per heavy atom. The molecule has 2 heterocycles. The van der Waals surface area contributed by atoms with Crippen LogP contribution in [-0.4, -0.2) is 28.2 Å². The number of hydrogen-bond acceptors (Lipinski definition) is 4. The lowest BCUT2D eigenvalue weighted by Gasteiger charge is -2.05. The Kier molecular flexibility index (Phi) is 3.30. The zero-order valence-electron chi connectivity index (χ0n) is 8.62. The SMILES string of the molecule is O=S(=O)(CCl)Nc1ccc(-n2ccnc2)nc1. The molecular weight excluding hydrogens is 264 g/mol. The number of nitrogens with one attached hydrogen (secondary N) is 1. The van der Waals surface area contributed by atoms with Gasteiger partial charge in [-0.15, -0.1) is 11.6 Å². The molecule has 0 aliphatic heterocycles. The number of nitrogens with zero attached hydrogens (tertiary/aromatic N) is 3. The Labute approximate surface area is 103 Å². The van der Waals surface area contributed by atoms with E-state index in [2.05, 4.69) is 14.7 Å². The highest BCUT2D eigenvalue weighted by Gasteiger charge is 2.08. The van der Waals surface area contributed by atoms with Crippen LogP contribution in [0.5, 0.6) is 0 Å². The highest BCUT2D eigenvalue weighted by atomic mass is 35.5. The largest absolute Gasteiger partial charge is 0.291 e. The fourth-order valence-corrected chi connectivity index (χ4v) is 1.90. The highest BCUT2D eigenvalue weighted by molar-refractivity contribution is 7.93. The maximum atomic E-state index is 11.2. The van der Waals surface area contributed by atoms with Gasteiger partial charge in [-0.3, -0.25) is 9.29 Å². The number of hydrogen-bond donors (Lipinski definition) is 1. The molecule has 0 atom stereocenters. The summed E-state index contributed by atoms with van der Waals surface area (Å²) in [5, 5.41) is -0.490. The van der Waals surface area contributed by atoms with Crippen LogP contribution in [-0.2, 0) is 10.0 Å². The topological polar surface area (TPSA) is 76.9 Å². The highest BCUT2D eigenvalue weighted by Crippen LogP contribution is 2.11. The lowest BCUT2D eigenvalue weighted by Crippen LogP contribution is -2.13. The van der Waals surface area contributed by atoms with E-state index >= 15 is 0 Å². The quantitative estimate of drug-likeness (QED) is 0.849. The number of pyridine rings is 1. The van der Waals surface area contributed by atoms with Gasteiger partial charge in [0.2, 0.25) is 10.0 Å². The average Bonchev–Trinajstić information content (AvgIpc) is 2.83. The summed E-state index contributed by atoms with van der Waals surface area (Å²) >= 11 is 5.27. The van der Waals surface area contributed by atoms with Crippen LogP contribution in [0.25, 0.3) is 5.82 Å². The van der Waals surface area contributed by atoms with E-state index in [1.165, 1.54) is 6.20 Å². The Morgan fingerprint density at radius 3 is 2.76 bits per heavy atom. The summed E-state index contributed by atoms with van der Waals surface area (Å²) in [6.45, 7) is 0. The van der Waals surface area contributed by atoms with E-state index in [-0.39, 0.29) is 0 Å². The molecule has 1 N–H and O–H groups in total. The first-order valence-electron chi connectivity index (χ1n) is 4.61. The number of halogens is 1. The van der Waals surface area contributed by atoms with Gasteiger partial charge in [-0.1, -0.05) is 0 Å². The third-order valence-corrected chi connectivity index (χ3v) is 3.63. The summed E-state index contributed by atoms with van der Waals surface area (Å²) in [5.41, 5.74) is 0.370. The molecule has 2 aromatic rings. The van der Waals surface area contributed by atoms with Gasteiger partial charge < -0.3 is 0 Å². The molecule has 17 heavy (non-hydrogen) atoms. The minimum absolute atomic E-state index is 0.370. The van der Waals surface area contributed by atoms with E-state index in [9.17, 15) is 8.42 Å². The molecule has 0 aromatic carbocycles. The van der Waals surface area contributed by atoms with Crippen molar-refractivity contribution in [3.63, 3.8) is 0 Å². The molecule has 90 valence electrons. The zero-order chi connectivity index (χ0) is 12.3. The van der Waals surface area contributed by atoms with E-state index in [1.54, 1.807) is 35.4 Å². The monoisotopic (exact) mass is 272 g/mol. The van der Waals surface area contributed by atoms with Crippen molar-refractivity contribution >= 4 is 27.3 Å².